The zero-order valence-electron chi connectivity index (χ0n) is 7.78. The van der Waals surface area contributed by atoms with Gasteiger partial charge in [-0.1, -0.05) is 22.0 Å². The SMILES string of the molecule is Brc1cccc(SN2CCOCC2)c1. The minimum absolute atomic E-state index is 0.848. The summed E-state index contributed by atoms with van der Waals surface area (Å²) in [5.74, 6) is 0. The van der Waals surface area contributed by atoms with Gasteiger partial charge in [-0.2, -0.15) is 0 Å². The number of ether oxygens (including phenoxy) is 1. The molecule has 1 saturated heterocycles. The summed E-state index contributed by atoms with van der Waals surface area (Å²) in [6, 6.07) is 8.38. The molecular formula is C10H12BrNOS. The molecule has 0 radical (unpaired) electrons. The van der Waals surface area contributed by atoms with Crippen molar-refractivity contribution < 1.29 is 4.74 Å². The largest absolute Gasteiger partial charge is 0.379 e. The van der Waals surface area contributed by atoms with E-state index in [9.17, 15) is 0 Å². The van der Waals surface area contributed by atoms with Crippen molar-refractivity contribution in [1.82, 2.24) is 4.31 Å². The van der Waals surface area contributed by atoms with Crippen LogP contribution in [0.1, 0.15) is 0 Å². The van der Waals surface area contributed by atoms with Gasteiger partial charge in [0, 0.05) is 22.5 Å². The van der Waals surface area contributed by atoms with Gasteiger partial charge < -0.3 is 4.74 Å². The Bertz CT molecular complexity index is 302. The van der Waals surface area contributed by atoms with Crippen LogP contribution in [0, 0.1) is 0 Å². The normalized spacial score (nSPS) is 18.4. The second-order valence-corrected chi connectivity index (χ2v) is 5.18. The van der Waals surface area contributed by atoms with E-state index in [0.717, 1.165) is 30.8 Å². The van der Waals surface area contributed by atoms with Crippen LogP contribution >= 0.6 is 27.9 Å². The third-order valence-electron chi connectivity index (χ3n) is 2.00. The molecule has 1 fully saturated rings. The molecule has 0 aromatic heterocycles. The van der Waals surface area contributed by atoms with Crippen LogP contribution in [-0.2, 0) is 4.74 Å². The number of hydrogen-bond donors (Lipinski definition) is 0. The molecule has 1 aliphatic heterocycles. The highest BCUT2D eigenvalue weighted by molar-refractivity contribution is 9.10. The van der Waals surface area contributed by atoms with Gasteiger partial charge in [0.05, 0.1) is 13.2 Å². The maximum Gasteiger partial charge on any atom is 0.0603 e. The Hall–Kier alpha value is -0.0300. The highest BCUT2D eigenvalue weighted by Gasteiger charge is 2.11. The summed E-state index contributed by atoms with van der Waals surface area (Å²) in [6.45, 7) is 3.72. The van der Waals surface area contributed by atoms with E-state index in [4.69, 9.17) is 4.74 Å². The Kier molecular flexibility index (Phi) is 3.87. The standard InChI is InChI=1S/C10H12BrNOS/c11-9-2-1-3-10(8-9)14-12-4-6-13-7-5-12/h1-3,8H,4-7H2. The van der Waals surface area contributed by atoms with Crippen molar-refractivity contribution >= 4 is 27.9 Å². The van der Waals surface area contributed by atoms with Gasteiger partial charge in [-0.3, -0.25) is 0 Å². The van der Waals surface area contributed by atoms with E-state index in [1.165, 1.54) is 4.90 Å². The molecule has 0 amide bonds. The van der Waals surface area contributed by atoms with Crippen molar-refractivity contribution in [2.45, 2.75) is 4.90 Å². The van der Waals surface area contributed by atoms with Crippen molar-refractivity contribution in [3.05, 3.63) is 28.7 Å². The number of morpholine rings is 1. The smallest absolute Gasteiger partial charge is 0.0603 e. The average molecular weight is 274 g/mol. The molecule has 2 nitrogen and oxygen atoms in total. The van der Waals surface area contributed by atoms with Crippen LogP contribution in [0.5, 0.6) is 0 Å². The molecule has 0 unspecified atom stereocenters. The van der Waals surface area contributed by atoms with Gasteiger partial charge in [0.1, 0.15) is 0 Å². The van der Waals surface area contributed by atoms with Gasteiger partial charge in [-0.15, -0.1) is 0 Å². The fraction of sp³-hybridized carbons (Fsp3) is 0.400. The zero-order valence-corrected chi connectivity index (χ0v) is 10.2. The Morgan fingerprint density at radius 3 is 2.79 bits per heavy atom. The number of halogens is 1. The van der Waals surface area contributed by atoms with E-state index >= 15 is 0 Å². The average Bonchev–Trinajstić information content (AvgIpc) is 2.19. The molecule has 76 valence electrons. The lowest BCUT2D eigenvalue weighted by Gasteiger charge is -2.25. The van der Waals surface area contributed by atoms with Gasteiger partial charge in [0.25, 0.3) is 0 Å². The van der Waals surface area contributed by atoms with Crippen LogP contribution in [0.3, 0.4) is 0 Å². The Morgan fingerprint density at radius 2 is 2.07 bits per heavy atom. The van der Waals surface area contributed by atoms with Gasteiger partial charge in [-0.25, -0.2) is 4.31 Å². The lowest BCUT2D eigenvalue weighted by Crippen LogP contribution is -2.30. The first-order valence-electron chi connectivity index (χ1n) is 4.61. The van der Waals surface area contributed by atoms with E-state index in [1.54, 1.807) is 11.9 Å². The van der Waals surface area contributed by atoms with Crippen molar-refractivity contribution in [2.24, 2.45) is 0 Å². The van der Waals surface area contributed by atoms with Gasteiger partial charge >= 0.3 is 0 Å². The first-order valence-corrected chi connectivity index (χ1v) is 6.17. The summed E-state index contributed by atoms with van der Waals surface area (Å²) < 4.78 is 8.77. The number of nitrogens with zero attached hydrogens (tertiary/aromatic N) is 1. The van der Waals surface area contributed by atoms with Crippen LogP contribution in [-0.4, -0.2) is 30.6 Å². The van der Waals surface area contributed by atoms with Crippen LogP contribution < -0.4 is 0 Å². The summed E-state index contributed by atoms with van der Waals surface area (Å²) in [6.07, 6.45) is 0. The topological polar surface area (TPSA) is 12.5 Å². The quantitative estimate of drug-likeness (QED) is 0.769. The molecule has 0 atom stereocenters. The summed E-state index contributed by atoms with van der Waals surface area (Å²) in [5.41, 5.74) is 0. The van der Waals surface area contributed by atoms with E-state index in [-0.39, 0.29) is 0 Å². The minimum atomic E-state index is 0.848. The van der Waals surface area contributed by atoms with Gasteiger partial charge in [0.2, 0.25) is 0 Å². The fourth-order valence-corrected chi connectivity index (χ4v) is 2.81. The summed E-state index contributed by atoms with van der Waals surface area (Å²) >= 11 is 5.27. The maximum absolute atomic E-state index is 5.30. The third kappa shape index (κ3) is 2.98. The first-order chi connectivity index (χ1) is 6.84. The Morgan fingerprint density at radius 1 is 1.29 bits per heavy atom. The van der Waals surface area contributed by atoms with E-state index in [0.29, 0.717) is 0 Å². The summed E-state index contributed by atoms with van der Waals surface area (Å²) in [7, 11) is 0. The van der Waals surface area contributed by atoms with Gasteiger partial charge in [-0.05, 0) is 30.1 Å². The molecule has 1 heterocycles. The Balaban J connectivity index is 1.95. The van der Waals surface area contributed by atoms with Crippen molar-refractivity contribution in [1.29, 1.82) is 0 Å². The van der Waals surface area contributed by atoms with Crippen molar-refractivity contribution in [3.63, 3.8) is 0 Å². The van der Waals surface area contributed by atoms with Crippen LogP contribution in [0.4, 0.5) is 0 Å². The van der Waals surface area contributed by atoms with Crippen LogP contribution in [0.25, 0.3) is 0 Å². The molecule has 1 aromatic rings. The van der Waals surface area contributed by atoms with Crippen LogP contribution in [0.2, 0.25) is 0 Å². The molecule has 2 rings (SSSR count). The molecule has 1 aromatic carbocycles. The molecule has 4 heteroatoms. The summed E-state index contributed by atoms with van der Waals surface area (Å²) in [4.78, 5) is 1.28. The lowest BCUT2D eigenvalue weighted by molar-refractivity contribution is 0.0773. The predicted molar refractivity (Wildman–Crippen MR) is 62.4 cm³/mol. The maximum atomic E-state index is 5.30. The monoisotopic (exact) mass is 273 g/mol. The zero-order chi connectivity index (χ0) is 9.80. The number of hydrogen-bond acceptors (Lipinski definition) is 3. The van der Waals surface area contributed by atoms with Crippen molar-refractivity contribution in [3.8, 4) is 0 Å². The number of rotatable bonds is 2. The second-order valence-electron chi connectivity index (χ2n) is 3.09. The molecular weight excluding hydrogens is 262 g/mol. The molecule has 0 aliphatic carbocycles. The molecule has 0 saturated carbocycles. The molecule has 1 aliphatic rings. The first kappa shape index (κ1) is 10.5. The van der Waals surface area contributed by atoms with E-state index in [1.807, 2.05) is 6.07 Å². The highest BCUT2D eigenvalue weighted by atomic mass is 79.9. The van der Waals surface area contributed by atoms with Crippen LogP contribution in [0.15, 0.2) is 33.6 Å². The fourth-order valence-electron chi connectivity index (χ4n) is 1.31. The van der Waals surface area contributed by atoms with Gasteiger partial charge in [0.15, 0.2) is 0 Å². The highest BCUT2D eigenvalue weighted by Crippen LogP contribution is 2.25. The Labute approximate surface area is 96.9 Å². The predicted octanol–water partition coefficient (Wildman–Crippen LogP) is 2.79. The van der Waals surface area contributed by atoms with Crippen molar-refractivity contribution in [2.75, 3.05) is 26.3 Å². The molecule has 0 spiro atoms. The molecule has 0 bridgehead atoms. The third-order valence-corrected chi connectivity index (χ3v) is 3.58. The van der Waals surface area contributed by atoms with E-state index in [2.05, 4.69) is 38.4 Å². The number of benzene rings is 1. The lowest BCUT2D eigenvalue weighted by atomic mass is 10.4. The molecule has 0 N–H and O–H groups in total. The minimum Gasteiger partial charge on any atom is -0.379 e. The molecule has 14 heavy (non-hydrogen) atoms. The second kappa shape index (κ2) is 5.16. The van der Waals surface area contributed by atoms with E-state index < -0.39 is 0 Å². The summed E-state index contributed by atoms with van der Waals surface area (Å²) in [5, 5.41) is 0.